The fraction of sp³-hybridized carbons (Fsp3) is 0.200. The van der Waals surface area contributed by atoms with Crippen molar-refractivity contribution in [3.63, 3.8) is 0 Å². The summed E-state index contributed by atoms with van der Waals surface area (Å²) in [5.74, 6) is 0.471. The maximum Gasteiger partial charge on any atom is 0.139 e. The van der Waals surface area contributed by atoms with Crippen molar-refractivity contribution in [3.05, 3.63) is 77.4 Å². The van der Waals surface area contributed by atoms with Gasteiger partial charge in [0, 0.05) is 19.0 Å². The molecule has 0 radical (unpaired) electrons. The molecule has 1 nitrogen and oxygen atoms in total. The van der Waals surface area contributed by atoms with Crippen LogP contribution in [0.15, 0.2) is 60.7 Å². The lowest BCUT2D eigenvalue weighted by molar-refractivity contribution is 0.295. The van der Waals surface area contributed by atoms with Crippen LogP contribution in [0.3, 0.4) is 0 Å². The second-order valence-corrected chi connectivity index (χ2v) is 6.56. The fourth-order valence-corrected chi connectivity index (χ4v) is 3.69. The molecule has 3 aromatic rings. The van der Waals surface area contributed by atoms with Gasteiger partial charge in [-0.2, -0.15) is 0 Å². The molecule has 3 aromatic carbocycles. The topological polar surface area (TPSA) is 3.24 Å². The summed E-state index contributed by atoms with van der Waals surface area (Å²) in [6.07, 6.45) is 0. The van der Waals surface area contributed by atoms with Gasteiger partial charge >= 0.3 is 0 Å². The standard InChI is InChI=1S/C20H20BN/c1-22-12-17-11-18(21)8-9-19(17)20(13-22)16-7-6-14-4-2-3-5-15(14)10-16/h2-11,20H,12-13,21H2,1H3/t20-/m0/s1. The Kier molecular flexibility index (Phi) is 3.27. The van der Waals surface area contributed by atoms with E-state index in [9.17, 15) is 0 Å². The molecule has 0 saturated heterocycles. The van der Waals surface area contributed by atoms with Gasteiger partial charge < -0.3 is 4.90 Å². The molecule has 108 valence electrons. The number of nitrogens with zero attached hydrogens (tertiary/aromatic N) is 1. The number of likely N-dealkylation sites (N-methyl/N-ethyl adjacent to an activating group) is 1. The molecule has 4 rings (SSSR count). The van der Waals surface area contributed by atoms with Gasteiger partial charge in [-0.05, 0) is 34.5 Å². The van der Waals surface area contributed by atoms with Crippen molar-refractivity contribution in [2.45, 2.75) is 12.5 Å². The molecule has 0 amide bonds. The van der Waals surface area contributed by atoms with Gasteiger partial charge in [-0.1, -0.05) is 66.1 Å². The molecule has 2 heteroatoms. The molecule has 1 aliphatic heterocycles. The first-order valence-corrected chi connectivity index (χ1v) is 7.97. The predicted molar refractivity (Wildman–Crippen MR) is 96.7 cm³/mol. The van der Waals surface area contributed by atoms with Crippen molar-refractivity contribution >= 4 is 24.1 Å². The molecule has 0 aliphatic carbocycles. The zero-order valence-corrected chi connectivity index (χ0v) is 13.2. The lowest BCUT2D eigenvalue weighted by Gasteiger charge is -2.33. The van der Waals surface area contributed by atoms with Gasteiger partial charge in [-0.25, -0.2) is 0 Å². The zero-order chi connectivity index (χ0) is 15.1. The number of hydrogen-bond acceptors (Lipinski definition) is 1. The van der Waals surface area contributed by atoms with Crippen LogP contribution in [0.1, 0.15) is 22.6 Å². The van der Waals surface area contributed by atoms with Crippen LogP contribution in [-0.2, 0) is 6.54 Å². The van der Waals surface area contributed by atoms with Crippen molar-refractivity contribution in [1.82, 2.24) is 4.90 Å². The minimum absolute atomic E-state index is 0.471. The maximum absolute atomic E-state index is 2.43. The van der Waals surface area contributed by atoms with Crippen LogP contribution < -0.4 is 5.46 Å². The van der Waals surface area contributed by atoms with E-state index in [4.69, 9.17) is 0 Å². The Labute approximate surface area is 133 Å². The van der Waals surface area contributed by atoms with Gasteiger partial charge in [-0.15, -0.1) is 0 Å². The largest absolute Gasteiger partial charge is 0.301 e. The highest BCUT2D eigenvalue weighted by Crippen LogP contribution is 2.33. The molecular formula is C20H20BN. The highest BCUT2D eigenvalue weighted by atomic mass is 15.1. The summed E-state index contributed by atoms with van der Waals surface area (Å²) < 4.78 is 0. The Morgan fingerprint density at radius 1 is 0.955 bits per heavy atom. The highest BCUT2D eigenvalue weighted by molar-refractivity contribution is 6.32. The summed E-state index contributed by atoms with van der Waals surface area (Å²) in [7, 11) is 4.40. The number of hydrogen-bond donors (Lipinski definition) is 0. The van der Waals surface area contributed by atoms with Crippen LogP contribution in [0.2, 0.25) is 0 Å². The molecule has 0 bridgehead atoms. The third-order valence-electron chi connectivity index (χ3n) is 4.78. The molecule has 1 heterocycles. The fourth-order valence-electron chi connectivity index (χ4n) is 3.69. The maximum atomic E-state index is 2.43. The smallest absolute Gasteiger partial charge is 0.139 e. The lowest BCUT2D eigenvalue weighted by Crippen LogP contribution is -2.31. The van der Waals surface area contributed by atoms with Crippen molar-refractivity contribution in [3.8, 4) is 0 Å². The van der Waals surface area contributed by atoms with Crippen molar-refractivity contribution < 1.29 is 0 Å². The van der Waals surface area contributed by atoms with E-state index in [0.29, 0.717) is 5.92 Å². The Hall–Kier alpha value is -2.06. The molecule has 0 N–H and O–H groups in total. The highest BCUT2D eigenvalue weighted by Gasteiger charge is 2.24. The van der Waals surface area contributed by atoms with E-state index in [1.807, 2.05) is 0 Å². The summed E-state index contributed by atoms with van der Waals surface area (Å²) in [6, 6.07) is 22.5. The van der Waals surface area contributed by atoms with Crippen molar-refractivity contribution in [1.29, 1.82) is 0 Å². The van der Waals surface area contributed by atoms with Gasteiger partial charge in [0.15, 0.2) is 0 Å². The molecule has 1 atom stereocenters. The van der Waals surface area contributed by atoms with Gasteiger partial charge in [0.1, 0.15) is 7.85 Å². The molecule has 1 aliphatic rings. The van der Waals surface area contributed by atoms with Crippen LogP contribution in [0, 0.1) is 0 Å². The predicted octanol–water partition coefficient (Wildman–Crippen LogP) is 2.68. The minimum atomic E-state index is 0.471. The van der Waals surface area contributed by atoms with Gasteiger partial charge in [0.2, 0.25) is 0 Å². The normalized spacial score (nSPS) is 18.3. The first-order chi connectivity index (χ1) is 10.7. The average Bonchev–Trinajstić information content (AvgIpc) is 2.53. The van der Waals surface area contributed by atoms with E-state index >= 15 is 0 Å². The lowest BCUT2D eigenvalue weighted by atomic mass is 9.81. The summed E-state index contributed by atoms with van der Waals surface area (Å²) in [5, 5.41) is 2.65. The third kappa shape index (κ3) is 2.34. The SMILES string of the molecule is Bc1ccc2c(c1)CN(C)C[C@H]2c1ccc2ccccc2c1. The van der Waals surface area contributed by atoms with E-state index in [1.54, 1.807) is 0 Å². The number of rotatable bonds is 1. The van der Waals surface area contributed by atoms with E-state index in [-0.39, 0.29) is 0 Å². The van der Waals surface area contributed by atoms with Crippen LogP contribution in [0.5, 0.6) is 0 Å². The molecule has 0 saturated carbocycles. The second-order valence-electron chi connectivity index (χ2n) is 6.56. The van der Waals surface area contributed by atoms with E-state index < -0.39 is 0 Å². The van der Waals surface area contributed by atoms with E-state index in [2.05, 4.69) is 80.5 Å². The quantitative estimate of drug-likeness (QED) is 0.621. The number of benzene rings is 3. The molecule has 0 aromatic heterocycles. The summed E-state index contributed by atoms with van der Waals surface area (Å²) >= 11 is 0. The number of fused-ring (bicyclic) bond motifs is 2. The molecule has 22 heavy (non-hydrogen) atoms. The summed E-state index contributed by atoms with van der Waals surface area (Å²) in [5.41, 5.74) is 5.76. The van der Waals surface area contributed by atoms with E-state index in [1.165, 1.54) is 32.9 Å². The monoisotopic (exact) mass is 285 g/mol. The zero-order valence-electron chi connectivity index (χ0n) is 13.2. The van der Waals surface area contributed by atoms with E-state index in [0.717, 1.165) is 13.1 Å². The Morgan fingerprint density at radius 2 is 1.77 bits per heavy atom. The summed E-state index contributed by atoms with van der Waals surface area (Å²) in [4.78, 5) is 2.43. The minimum Gasteiger partial charge on any atom is -0.301 e. The molecule has 0 fully saturated rings. The van der Waals surface area contributed by atoms with Crippen LogP contribution in [0.4, 0.5) is 0 Å². The Bertz CT molecular complexity index is 840. The first kappa shape index (κ1) is 13.6. The van der Waals surface area contributed by atoms with Crippen LogP contribution in [-0.4, -0.2) is 26.3 Å². The van der Waals surface area contributed by atoms with Gasteiger partial charge in [0.25, 0.3) is 0 Å². The Balaban J connectivity index is 1.84. The third-order valence-corrected chi connectivity index (χ3v) is 4.78. The van der Waals surface area contributed by atoms with Crippen molar-refractivity contribution in [2.75, 3.05) is 13.6 Å². The van der Waals surface area contributed by atoms with Gasteiger partial charge in [-0.3, -0.25) is 0 Å². The first-order valence-electron chi connectivity index (χ1n) is 7.97. The molecular weight excluding hydrogens is 265 g/mol. The molecule has 0 spiro atoms. The average molecular weight is 285 g/mol. The van der Waals surface area contributed by atoms with Crippen molar-refractivity contribution in [2.24, 2.45) is 0 Å². The van der Waals surface area contributed by atoms with Crippen LogP contribution in [0.25, 0.3) is 10.8 Å². The summed E-state index contributed by atoms with van der Waals surface area (Å²) in [6.45, 7) is 2.15. The van der Waals surface area contributed by atoms with Gasteiger partial charge in [0.05, 0.1) is 0 Å². The van der Waals surface area contributed by atoms with Crippen LogP contribution >= 0.6 is 0 Å². The Morgan fingerprint density at radius 3 is 2.64 bits per heavy atom. The molecule has 0 unspecified atom stereocenters. The second kappa shape index (κ2) is 5.29.